The minimum atomic E-state index is -0.636. The van der Waals surface area contributed by atoms with Gasteiger partial charge in [-0.2, -0.15) is 0 Å². The average molecular weight is 324 g/mol. The van der Waals surface area contributed by atoms with Gasteiger partial charge < -0.3 is 13.9 Å². The molecule has 0 aliphatic rings. The van der Waals surface area contributed by atoms with E-state index in [0.29, 0.717) is 12.2 Å². The number of benzene rings is 2. The van der Waals surface area contributed by atoms with Crippen molar-refractivity contribution in [2.45, 2.75) is 6.42 Å². The highest BCUT2D eigenvalue weighted by Gasteiger charge is 2.26. The van der Waals surface area contributed by atoms with Crippen molar-refractivity contribution in [3.05, 3.63) is 71.2 Å². The predicted molar refractivity (Wildman–Crippen MR) is 88.1 cm³/mol. The van der Waals surface area contributed by atoms with Gasteiger partial charge in [-0.05, 0) is 16.3 Å². The molecule has 0 fully saturated rings. The summed E-state index contributed by atoms with van der Waals surface area (Å²) in [6, 6.07) is 13.9. The SMILES string of the molecule is COC(=O)c1coc(Cc2cccc3ccccc23)c1C(=O)OC. The Balaban J connectivity index is 2.08. The number of furan rings is 1. The highest BCUT2D eigenvalue weighted by molar-refractivity contribution is 6.03. The van der Waals surface area contributed by atoms with Crippen LogP contribution in [-0.2, 0) is 15.9 Å². The van der Waals surface area contributed by atoms with Crippen LogP contribution < -0.4 is 0 Å². The van der Waals surface area contributed by atoms with E-state index in [2.05, 4.69) is 0 Å². The molecule has 0 amide bonds. The van der Waals surface area contributed by atoms with Gasteiger partial charge in [-0.15, -0.1) is 0 Å². The molecule has 0 aliphatic carbocycles. The summed E-state index contributed by atoms with van der Waals surface area (Å²) < 4.78 is 15.0. The first-order chi connectivity index (χ1) is 11.7. The number of rotatable bonds is 4. The first kappa shape index (κ1) is 15.8. The molecule has 1 aromatic heterocycles. The molecule has 1 heterocycles. The van der Waals surface area contributed by atoms with Crippen LogP contribution in [0.15, 0.2) is 53.1 Å². The normalized spacial score (nSPS) is 10.6. The maximum absolute atomic E-state index is 12.1. The number of ether oxygens (including phenoxy) is 2. The van der Waals surface area contributed by atoms with Crippen molar-refractivity contribution >= 4 is 22.7 Å². The lowest BCUT2D eigenvalue weighted by Crippen LogP contribution is -2.11. The standard InChI is InChI=1S/C19H16O5/c1-22-18(20)15-11-24-16(17(15)19(21)23-2)10-13-8-5-7-12-6-3-4-9-14(12)13/h3-9,11H,10H2,1-2H3. The fourth-order valence-electron chi connectivity index (χ4n) is 2.73. The Morgan fingerprint density at radius 3 is 2.42 bits per heavy atom. The summed E-state index contributed by atoms with van der Waals surface area (Å²) in [5.74, 6) is -0.888. The fourth-order valence-corrected chi connectivity index (χ4v) is 2.73. The molecule has 5 heteroatoms. The van der Waals surface area contributed by atoms with Crippen molar-refractivity contribution in [2.24, 2.45) is 0 Å². The van der Waals surface area contributed by atoms with Gasteiger partial charge in [0.05, 0.1) is 14.2 Å². The Kier molecular flexibility index (Phi) is 4.33. The summed E-state index contributed by atoms with van der Waals surface area (Å²) in [6.07, 6.45) is 1.60. The molecule has 0 saturated heterocycles. The molecule has 3 aromatic rings. The molecule has 0 aliphatic heterocycles. The van der Waals surface area contributed by atoms with Gasteiger partial charge in [-0.1, -0.05) is 42.5 Å². The Bertz CT molecular complexity index is 902. The predicted octanol–water partition coefficient (Wildman–Crippen LogP) is 3.60. The third-order valence-corrected chi connectivity index (χ3v) is 3.89. The first-order valence-corrected chi connectivity index (χ1v) is 7.39. The number of hydrogen-bond acceptors (Lipinski definition) is 5. The zero-order chi connectivity index (χ0) is 17.1. The number of carbonyl (C=O) groups is 2. The van der Waals surface area contributed by atoms with Gasteiger partial charge in [0, 0.05) is 6.42 Å². The largest absolute Gasteiger partial charge is 0.467 e. The van der Waals surface area contributed by atoms with Gasteiger partial charge in [0.25, 0.3) is 0 Å². The summed E-state index contributed by atoms with van der Waals surface area (Å²) in [7, 11) is 2.51. The van der Waals surface area contributed by atoms with Crippen LogP contribution in [0.25, 0.3) is 10.8 Å². The minimum Gasteiger partial charge on any atom is -0.467 e. The van der Waals surface area contributed by atoms with Gasteiger partial charge in [0.1, 0.15) is 23.2 Å². The van der Waals surface area contributed by atoms with Gasteiger partial charge in [-0.25, -0.2) is 9.59 Å². The van der Waals surface area contributed by atoms with E-state index >= 15 is 0 Å². The second-order valence-corrected chi connectivity index (χ2v) is 5.25. The van der Waals surface area contributed by atoms with E-state index in [-0.39, 0.29) is 11.1 Å². The van der Waals surface area contributed by atoms with E-state index in [1.165, 1.54) is 20.5 Å². The highest BCUT2D eigenvalue weighted by Crippen LogP contribution is 2.26. The van der Waals surface area contributed by atoms with Crippen LogP contribution >= 0.6 is 0 Å². The Morgan fingerprint density at radius 1 is 0.958 bits per heavy atom. The molecule has 2 aromatic carbocycles. The molecule has 0 N–H and O–H groups in total. The second kappa shape index (κ2) is 6.58. The summed E-state index contributed by atoms with van der Waals surface area (Å²) in [6.45, 7) is 0. The summed E-state index contributed by atoms with van der Waals surface area (Å²) in [4.78, 5) is 23.9. The zero-order valence-corrected chi connectivity index (χ0v) is 13.4. The van der Waals surface area contributed by atoms with E-state index in [9.17, 15) is 9.59 Å². The molecular weight excluding hydrogens is 308 g/mol. The monoisotopic (exact) mass is 324 g/mol. The third kappa shape index (κ3) is 2.76. The average Bonchev–Trinajstić information content (AvgIpc) is 3.04. The van der Waals surface area contributed by atoms with Crippen LogP contribution in [0.1, 0.15) is 32.0 Å². The van der Waals surface area contributed by atoms with Crippen LogP contribution in [0.2, 0.25) is 0 Å². The topological polar surface area (TPSA) is 65.7 Å². The number of methoxy groups -OCH3 is 2. The maximum Gasteiger partial charge on any atom is 0.342 e. The van der Waals surface area contributed by atoms with Gasteiger partial charge in [0.15, 0.2) is 0 Å². The Labute approximate surface area is 138 Å². The van der Waals surface area contributed by atoms with Crippen molar-refractivity contribution in [2.75, 3.05) is 14.2 Å². The highest BCUT2D eigenvalue weighted by atomic mass is 16.5. The van der Waals surface area contributed by atoms with Crippen molar-refractivity contribution in [1.29, 1.82) is 0 Å². The molecule has 0 atom stereocenters. The lowest BCUT2D eigenvalue weighted by Gasteiger charge is -2.07. The van der Waals surface area contributed by atoms with Gasteiger partial charge in [-0.3, -0.25) is 0 Å². The molecule has 0 spiro atoms. The molecule has 0 radical (unpaired) electrons. The molecule has 0 saturated carbocycles. The molecule has 5 nitrogen and oxygen atoms in total. The first-order valence-electron chi connectivity index (χ1n) is 7.39. The Hall–Kier alpha value is -3.08. The van der Waals surface area contributed by atoms with Crippen molar-refractivity contribution < 1.29 is 23.5 Å². The van der Waals surface area contributed by atoms with Gasteiger partial charge >= 0.3 is 11.9 Å². The summed E-state index contributed by atoms with van der Waals surface area (Å²) in [5.41, 5.74) is 1.17. The number of carbonyl (C=O) groups excluding carboxylic acids is 2. The maximum atomic E-state index is 12.1. The van der Waals surface area contributed by atoms with Crippen molar-refractivity contribution in [3.63, 3.8) is 0 Å². The van der Waals surface area contributed by atoms with E-state index in [4.69, 9.17) is 13.9 Å². The van der Waals surface area contributed by atoms with Crippen molar-refractivity contribution in [3.8, 4) is 0 Å². The molecule has 122 valence electrons. The van der Waals surface area contributed by atoms with Crippen LogP contribution in [0.5, 0.6) is 0 Å². The number of esters is 2. The Morgan fingerprint density at radius 2 is 1.67 bits per heavy atom. The summed E-state index contributed by atoms with van der Waals surface area (Å²) in [5, 5.41) is 2.15. The van der Waals surface area contributed by atoms with Crippen molar-refractivity contribution in [1.82, 2.24) is 0 Å². The van der Waals surface area contributed by atoms with E-state index in [1.54, 1.807) is 0 Å². The lowest BCUT2D eigenvalue weighted by atomic mass is 9.99. The molecule has 0 bridgehead atoms. The summed E-state index contributed by atoms with van der Waals surface area (Å²) >= 11 is 0. The number of fused-ring (bicyclic) bond motifs is 1. The lowest BCUT2D eigenvalue weighted by molar-refractivity contribution is 0.0556. The molecule has 24 heavy (non-hydrogen) atoms. The number of hydrogen-bond donors (Lipinski definition) is 0. The van der Waals surface area contributed by atoms with Crippen LogP contribution in [0, 0.1) is 0 Å². The second-order valence-electron chi connectivity index (χ2n) is 5.25. The smallest absolute Gasteiger partial charge is 0.342 e. The van der Waals surface area contributed by atoms with Gasteiger partial charge in [0.2, 0.25) is 0 Å². The quantitative estimate of drug-likeness (QED) is 0.686. The van der Waals surface area contributed by atoms with E-state index < -0.39 is 11.9 Å². The zero-order valence-electron chi connectivity index (χ0n) is 13.4. The van der Waals surface area contributed by atoms with E-state index in [0.717, 1.165) is 16.3 Å². The third-order valence-electron chi connectivity index (χ3n) is 3.89. The van der Waals surface area contributed by atoms with Crippen LogP contribution in [0.3, 0.4) is 0 Å². The van der Waals surface area contributed by atoms with E-state index in [1.807, 2.05) is 42.5 Å². The minimum absolute atomic E-state index is 0.0691. The fraction of sp³-hybridized carbons (Fsp3) is 0.158. The van der Waals surface area contributed by atoms with Crippen LogP contribution in [-0.4, -0.2) is 26.2 Å². The molecule has 0 unspecified atom stereocenters. The van der Waals surface area contributed by atoms with Crippen LogP contribution in [0.4, 0.5) is 0 Å². The molecule has 3 rings (SSSR count). The molecular formula is C19H16O5.